The number of carbonyl (C=O) groups excluding carboxylic acids is 2. The normalized spacial score (nSPS) is 20.7. The number of Topliss-reactive ketones (excluding diaryl/α,β-unsaturated/α-hetero) is 1. The number of nitrogens with one attached hydrogen (secondary N) is 1. The molecule has 0 bridgehead atoms. The maximum atomic E-state index is 14.0. The van der Waals surface area contributed by atoms with Gasteiger partial charge in [0.05, 0.1) is 12.7 Å². The fraction of sp³-hybridized carbons (Fsp3) is 0.333. The van der Waals surface area contributed by atoms with E-state index in [9.17, 15) is 9.59 Å². The number of dihydropyridines is 1. The first-order chi connectivity index (χ1) is 20.5. The first-order valence-corrected chi connectivity index (χ1v) is 14.9. The van der Waals surface area contributed by atoms with Gasteiger partial charge in [-0.2, -0.15) is 0 Å². The molecule has 3 aromatic rings. The molecule has 216 valence electrons. The minimum absolute atomic E-state index is 0.0460. The number of hydrogen-bond donors (Lipinski definition) is 1. The maximum absolute atomic E-state index is 14.0. The van der Waals surface area contributed by atoms with Crippen molar-refractivity contribution in [1.29, 1.82) is 0 Å². The Morgan fingerprint density at radius 1 is 0.881 bits per heavy atom. The zero-order valence-corrected chi connectivity index (χ0v) is 24.2. The summed E-state index contributed by atoms with van der Waals surface area (Å²) in [6, 6.07) is 25.8. The van der Waals surface area contributed by atoms with Crippen LogP contribution in [0.2, 0.25) is 0 Å². The molecule has 0 unspecified atom stereocenters. The van der Waals surface area contributed by atoms with Crippen LogP contribution in [0.25, 0.3) is 0 Å². The summed E-state index contributed by atoms with van der Waals surface area (Å²) in [5, 5.41) is 3.46. The van der Waals surface area contributed by atoms with E-state index >= 15 is 0 Å². The fourth-order valence-corrected chi connectivity index (χ4v) is 6.54. The van der Waals surface area contributed by atoms with Crippen LogP contribution >= 0.6 is 0 Å². The lowest BCUT2D eigenvalue weighted by Gasteiger charge is -2.37. The molecule has 1 saturated carbocycles. The summed E-state index contributed by atoms with van der Waals surface area (Å²) in [7, 11) is 1.61. The Morgan fingerprint density at radius 3 is 2.31 bits per heavy atom. The Balaban J connectivity index is 1.37. The van der Waals surface area contributed by atoms with E-state index in [0.717, 1.165) is 53.8 Å². The van der Waals surface area contributed by atoms with E-state index in [1.165, 1.54) is 0 Å². The van der Waals surface area contributed by atoms with E-state index in [-0.39, 0.29) is 23.8 Å². The van der Waals surface area contributed by atoms with Crippen LogP contribution in [0.5, 0.6) is 11.5 Å². The summed E-state index contributed by atoms with van der Waals surface area (Å²) in [6.07, 6.45) is 4.88. The second-order valence-corrected chi connectivity index (χ2v) is 11.4. The van der Waals surface area contributed by atoms with Gasteiger partial charge >= 0.3 is 5.97 Å². The highest BCUT2D eigenvalue weighted by Gasteiger charge is 2.42. The molecule has 2 atom stereocenters. The zero-order valence-electron chi connectivity index (χ0n) is 24.2. The van der Waals surface area contributed by atoms with Crippen molar-refractivity contribution < 1.29 is 23.8 Å². The minimum atomic E-state index is -0.559. The highest BCUT2D eigenvalue weighted by molar-refractivity contribution is 6.04. The van der Waals surface area contributed by atoms with Crippen LogP contribution in [0, 0.1) is 0 Å². The molecule has 3 aromatic carbocycles. The highest BCUT2D eigenvalue weighted by atomic mass is 16.5. The first kappa shape index (κ1) is 27.8. The van der Waals surface area contributed by atoms with E-state index < -0.39 is 5.92 Å². The number of methoxy groups -OCH3 is 1. The van der Waals surface area contributed by atoms with Crippen molar-refractivity contribution in [3.63, 3.8) is 0 Å². The van der Waals surface area contributed by atoms with Gasteiger partial charge in [-0.15, -0.1) is 0 Å². The van der Waals surface area contributed by atoms with Gasteiger partial charge in [0, 0.05) is 29.3 Å². The van der Waals surface area contributed by atoms with Crippen molar-refractivity contribution in [2.45, 2.75) is 70.0 Å². The number of allylic oxidation sites excluding steroid dienone is 3. The van der Waals surface area contributed by atoms with Crippen molar-refractivity contribution in [2.75, 3.05) is 7.11 Å². The number of esters is 1. The molecule has 6 nitrogen and oxygen atoms in total. The van der Waals surface area contributed by atoms with Gasteiger partial charge in [-0.3, -0.25) is 4.79 Å². The molecule has 3 aliphatic rings. The van der Waals surface area contributed by atoms with Gasteiger partial charge in [-0.05, 0) is 73.8 Å². The molecule has 2 aliphatic carbocycles. The molecule has 0 amide bonds. The van der Waals surface area contributed by atoms with Gasteiger partial charge in [-0.1, -0.05) is 66.7 Å². The van der Waals surface area contributed by atoms with E-state index in [1.807, 2.05) is 73.7 Å². The molecule has 0 aromatic heterocycles. The monoisotopic (exact) mass is 563 g/mol. The Hall–Kier alpha value is -4.32. The quantitative estimate of drug-likeness (QED) is 0.294. The number of carbonyl (C=O) groups is 2. The molecule has 0 radical (unpaired) electrons. The lowest BCUT2D eigenvalue weighted by atomic mass is 9.71. The third-order valence-corrected chi connectivity index (χ3v) is 8.65. The van der Waals surface area contributed by atoms with Gasteiger partial charge in [0.15, 0.2) is 17.3 Å². The lowest BCUT2D eigenvalue weighted by Crippen LogP contribution is -2.36. The molecule has 1 aliphatic heterocycles. The van der Waals surface area contributed by atoms with E-state index in [0.29, 0.717) is 42.1 Å². The Kier molecular flexibility index (Phi) is 8.13. The third kappa shape index (κ3) is 5.71. The fourth-order valence-electron chi connectivity index (χ4n) is 6.54. The van der Waals surface area contributed by atoms with Gasteiger partial charge in [0.2, 0.25) is 0 Å². The Morgan fingerprint density at radius 2 is 1.60 bits per heavy atom. The van der Waals surface area contributed by atoms with Gasteiger partial charge in [0.1, 0.15) is 12.7 Å². The number of ketones is 1. The average Bonchev–Trinajstić information content (AvgIpc) is 3.53. The predicted octanol–water partition coefficient (Wildman–Crippen LogP) is 7.12. The number of ether oxygens (including phenoxy) is 3. The molecule has 1 fully saturated rings. The highest BCUT2D eigenvalue weighted by Crippen LogP contribution is 2.47. The molecule has 6 rings (SSSR count). The summed E-state index contributed by atoms with van der Waals surface area (Å²) >= 11 is 0. The molecule has 0 saturated heterocycles. The average molecular weight is 564 g/mol. The van der Waals surface area contributed by atoms with Crippen molar-refractivity contribution >= 4 is 11.8 Å². The van der Waals surface area contributed by atoms with E-state index in [4.69, 9.17) is 14.2 Å². The van der Waals surface area contributed by atoms with Crippen LogP contribution in [0.15, 0.2) is 101 Å². The molecule has 42 heavy (non-hydrogen) atoms. The Labute approximate surface area is 247 Å². The number of hydrogen-bond acceptors (Lipinski definition) is 6. The SMILES string of the molecule is COc1cc([C@H]2C(C(=O)OC3CCCC3)=C(C)NC3=C2C(=O)C[C@@H](c2ccccc2)C3)ccc1OCc1ccccc1. The van der Waals surface area contributed by atoms with E-state index in [1.54, 1.807) is 7.11 Å². The van der Waals surface area contributed by atoms with Gasteiger partial charge in [0.25, 0.3) is 0 Å². The molecule has 1 N–H and O–H groups in total. The largest absolute Gasteiger partial charge is 0.493 e. The molecule has 6 heteroatoms. The summed E-state index contributed by atoms with van der Waals surface area (Å²) in [5.74, 6) is 0.360. The molecule has 1 heterocycles. The Bertz CT molecular complexity index is 1520. The van der Waals surface area contributed by atoms with E-state index in [2.05, 4.69) is 17.4 Å². The van der Waals surface area contributed by atoms with Gasteiger partial charge < -0.3 is 19.5 Å². The lowest BCUT2D eigenvalue weighted by molar-refractivity contribution is -0.144. The standard InChI is InChI=1S/C36H37NO5/c1-23-33(36(39)42-28-15-9-10-16-28)34(35-29(37-23)19-27(20-30(35)38)25-13-7-4-8-14-25)26-17-18-31(32(21-26)40-2)41-22-24-11-5-3-6-12-24/h3-8,11-14,17-18,21,27-28,34,37H,9-10,15-16,19-20,22H2,1-2H3/t27-,34-/m0/s1. The summed E-state index contributed by atoms with van der Waals surface area (Å²) in [4.78, 5) is 27.8. The number of rotatable bonds is 8. The predicted molar refractivity (Wildman–Crippen MR) is 161 cm³/mol. The summed E-state index contributed by atoms with van der Waals surface area (Å²) < 4.78 is 17.9. The van der Waals surface area contributed by atoms with Crippen molar-refractivity contribution in [3.8, 4) is 11.5 Å². The first-order valence-electron chi connectivity index (χ1n) is 14.9. The third-order valence-electron chi connectivity index (χ3n) is 8.65. The van der Waals surface area contributed by atoms with Gasteiger partial charge in [-0.25, -0.2) is 4.79 Å². The van der Waals surface area contributed by atoms with Crippen LogP contribution < -0.4 is 14.8 Å². The van der Waals surface area contributed by atoms with Crippen LogP contribution in [-0.2, 0) is 20.9 Å². The van der Waals surface area contributed by atoms with Crippen LogP contribution in [0.1, 0.15) is 74.0 Å². The minimum Gasteiger partial charge on any atom is -0.493 e. The number of benzene rings is 3. The molecular weight excluding hydrogens is 526 g/mol. The second kappa shape index (κ2) is 12.3. The van der Waals surface area contributed by atoms with Crippen molar-refractivity contribution in [1.82, 2.24) is 5.32 Å². The molecule has 0 spiro atoms. The zero-order chi connectivity index (χ0) is 29.1. The van der Waals surface area contributed by atoms with Crippen LogP contribution in [0.4, 0.5) is 0 Å². The smallest absolute Gasteiger partial charge is 0.337 e. The maximum Gasteiger partial charge on any atom is 0.337 e. The second-order valence-electron chi connectivity index (χ2n) is 11.4. The van der Waals surface area contributed by atoms with Crippen molar-refractivity contribution in [2.24, 2.45) is 0 Å². The topological polar surface area (TPSA) is 73.9 Å². The summed E-state index contributed by atoms with van der Waals surface area (Å²) in [6.45, 7) is 2.31. The van der Waals surface area contributed by atoms with Crippen molar-refractivity contribution in [3.05, 3.63) is 118 Å². The molecular formula is C36H37NO5. The van der Waals surface area contributed by atoms with Crippen LogP contribution in [-0.4, -0.2) is 25.0 Å². The van der Waals surface area contributed by atoms with Crippen LogP contribution in [0.3, 0.4) is 0 Å². The summed E-state index contributed by atoms with van der Waals surface area (Å²) in [5.41, 5.74) is 5.74.